The van der Waals surface area contributed by atoms with Crippen LogP contribution in [0, 0.1) is 0 Å². The molecule has 0 aliphatic carbocycles. The number of nitrogens with zero attached hydrogens (tertiary/aromatic N) is 1. The Morgan fingerprint density at radius 3 is 2.54 bits per heavy atom. The normalized spacial score (nSPS) is 20.8. The van der Waals surface area contributed by atoms with Gasteiger partial charge in [0, 0.05) is 6.04 Å². The van der Waals surface area contributed by atoms with Crippen LogP contribution in [0.25, 0.3) is 0 Å². The van der Waals surface area contributed by atoms with E-state index < -0.39 is 0 Å². The molecule has 0 amide bonds. The minimum absolute atomic E-state index is 0.00132. The Morgan fingerprint density at radius 1 is 1.23 bits per heavy atom. The maximum atomic E-state index is 8.71. The van der Waals surface area contributed by atoms with Gasteiger partial charge in [-0.25, -0.2) is 0 Å². The quantitative estimate of drug-likeness (QED) is 0.596. The van der Waals surface area contributed by atoms with Gasteiger partial charge >= 0.3 is 0 Å². The van der Waals surface area contributed by atoms with Gasteiger partial charge in [-0.15, -0.1) is 0 Å². The fraction of sp³-hybridized carbons (Fsp3) is 1.00. The summed E-state index contributed by atoms with van der Waals surface area (Å²) in [5, 5.41) is 8.71. The zero-order valence-corrected chi connectivity index (χ0v) is 8.41. The molecule has 1 fully saturated rings. The van der Waals surface area contributed by atoms with Crippen LogP contribution < -0.4 is 5.73 Å². The van der Waals surface area contributed by atoms with Gasteiger partial charge in [0.25, 0.3) is 0 Å². The van der Waals surface area contributed by atoms with Gasteiger partial charge < -0.3 is 15.7 Å². The maximum absolute atomic E-state index is 8.71. The van der Waals surface area contributed by atoms with E-state index in [-0.39, 0.29) is 12.6 Å². The van der Waals surface area contributed by atoms with Gasteiger partial charge in [-0.05, 0) is 45.3 Å². The molecule has 0 aromatic carbocycles. The van der Waals surface area contributed by atoms with E-state index in [1.165, 1.54) is 38.9 Å². The third-order valence-corrected chi connectivity index (χ3v) is 2.73. The molecular formula is C10H22N2O. The van der Waals surface area contributed by atoms with Crippen LogP contribution in [-0.2, 0) is 0 Å². The zero-order chi connectivity index (χ0) is 9.52. The Hall–Kier alpha value is -0.120. The summed E-state index contributed by atoms with van der Waals surface area (Å²) < 4.78 is 0. The molecule has 3 heteroatoms. The van der Waals surface area contributed by atoms with Crippen molar-refractivity contribution < 1.29 is 5.11 Å². The van der Waals surface area contributed by atoms with E-state index in [0.717, 1.165) is 12.8 Å². The first-order valence-electron chi connectivity index (χ1n) is 5.41. The molecule has 0 aromatic heterocycles. The number of aliphatic hydroxyl groups excluding tert-OH is 1. The first kappa shape index (κ1) is 11.0. The summed E-state index contributed by atoms with van der Waals surface area (Å²) in [6.07, 6.45) is 6.09. The second-order valence-corrected chi connectivity index (χ2v) is 3.99. The summed E-state index contributed by atoms with van der Waals surface area (Å²) in [7, 11) is 0. The molecule has 1 heterocycles. The van der Waals surface area contributed by atoms with Crippen molar-refractivity contribution in [1.29, 1.82) is 0 Å². The predicted molar refractivity (Wildman–Crippen MR) is 54.6 cm³/mol. The number of hydrogen-bond acceptors (Lipinski definition) is 3. The van der Waals surface area contributed by atoms with Crippen molar-refractivity contribution in [1.82, 2.24) is 4.90 Å². The molecule has 1 atom stereocenters. The molecule has 0 radical (unpaired) electrons. The van der Waals surface area contributed by atoms with Crippen molar-refractivity contribution in [2.24, 2.45) is 5.73 Å². The molecule has 3 N–H and O–H groups in total. The topological polar surface area (TPSA) is 49.5 Å². The molecule has 0 aromatic rings. The van der Waals surface area contributed by atoms with Gasteiger partial charge in [-0.3, -0.25) is 0 Å². The van der Waals surface area contributed by atoms with Crippen molar-refractivity contribution >= 4 is 0 Å². The van der Waals surface area contributed by atoms with E-state index in [0.29, 0.717) is 0 Å². The van der Waals surface area contributed by atoms with Crippen LogP contribution in [0.1, 0.15) is 32.1 Å². The summed E-state index contributed by atoms with van der Waals surface area (Å²) >= 11 is 0. The molecule has 13 heavy (non-hydrogen) atoms. The SMILES string of the molecule is NC(CO)CCCCN1CCCC1. The first-order chi connectivity index (χ1) is 6.33. The first-order valence-corrected chi connectivity index (χ1v) is 5.41. The lowest BCUT2D eigenvalue weighted by atomic mass is 10.1. The van der Waals surface area contributed by atoms with E-state index in [9.17, 15) is 0 Å². The molecule has 78 valence electrons. The summed E-state index contributed by atoms with van der Waals surface area (Å²) in [4.78, 5) is 2.52. The zero-order valence-electron chi connectivity index (χ0n) is 8.41. The van der Waals surface area contributed by atoms with Crippen molar-refractivity contribution in [3.63, 3.8) is 0 Å². The number of hydrogen-bond donors (Lipinski definition) is 2. The van der Waals surface area contributed by atoms with Crippen molar-refractivity contribution in [2.45, 2.75) is 38.1 Å². The molecule has 1 aliphatic heterocycles. The molecule has 0 spiro atoms. The van der Waals surface area contributed by atoms with Crippen LogP contribution in [0.4, 0.5) is 0 Å². The van der Waals surface area contributed by atoms with E-state index in [2.05, 4.69) is 4.90 Å². The molecule has 1 unspecified atom stereocenters. The summed E-state index contributed by atoms with van der Waals surface area (Å²) in [5.41, 5.74) is 5.60. The minimum atomic E-state index is -0.00132. The highest BCUT2D eigenvalue weighted by molar-refractivity contribution is 4.66. The summed E-state index contributed by atoms with van der Waals surface area (Å²) in [6.45, 7) is 3.92. The molecule has 0 saturated carbocycles. The number of rotatable bonds is 6. The number of nitrogens with two attached hydrogens (primary N) is 1. The van der Waals surface area contributed by atoms with Crippen LogP contribution >= 0.6 is 0 Å². The second-order valence-electron chi connectivity index (χ2n) is 3.99. The number of likely N-dealkylation sites (tertiary alicyclic amines) is 1. The van der Waals surface area contributed by atoms with E-state index in [1.54, 1.807) is 0 Å². The Labute approximate surface area is 80.9 Å². The van der Waals surface area contributed by atoms with Gasteiger partial charge in [0.15, 0.2) is 0 Å². The average Bonchev–Trinajstić information content (AvgIpc) is 2.64. The van der Waals surface area contributed by atoms with E-state index in [4.69, 9.17) is 10.8 Å². The largest absolute Gasteiger partial charge is 0.395 e. The highest BCUT2D eigenvalue weighted by atomic mass is 16.3. The molecule has 1 aliphatic rings. The van der Waals surface area contributed by atoms with Crippen LogP contribution in [-0.4, -0.2) is 42.3 Å². The van der Waals surface area contributed by atoms with Crippen LogP contribution in [0.15, 0.2) is 0 Å². The average molecular weight is 186 g/mol. The minimum Gasteiger partial charge on any atom is -0.395 e. The Morgan fingerprint density at radius 2 is 1.92 bits per heavy atom. The monoisotopic (exact) mass is 186 g/mol. The molecular weight excluding hydrogens is 164 g/mol. The molecule has 1 saturated heterocycles. The lowest BCUT2D eigenvalue weighted by Crippen LogP contribution is -2.25. The predicted octanol–water partition coefficient (Wildman–Crippen LogP) is 0.572. The van der Waals surface area contributed by atoms with Crippen LogP contribution in [0.2, 0.25) is 0 Å². The lowest BCUT2D eigenvalue weighted by Gasteiger charge is -2.14. The van der Waals surface area contributed by atoms with Gasteiger partial charge in [-0.2, -0.15) is 0 Å². The summed E-state index contributed by atoms with van der Waals surface area (Å²) in [6, 6.07) is -0.00132. The second kappa shape index (κ2) is 6.35. The Bertz CT molecular complexity index is 124. The van der Waals surface area contributed by atoms with Gasteiger partial charge in [-0.1, -0.05) is 6.42 Å². The van der Waals surface area contributed by atoms with Gasteiger partial charge in [0.05, 0.1) is 6.61 Å². The van der Waals surface area contributed by atoms with Crippen LogP contribution in [0.5, 0.6) is 0 Å². The fourth-order valence-electron chi connectivity index (χ4n) is 1.84. The fourth-order valence-corrected chi connectivity index (χ4v) is 1.84. The summed E-state index contributed by atoms with van der Waals surface area (Å²) in [5.74, 6) is 0. The molecule has 3 nitrogen and oxygen atoms in total. The Balaban J connectivity index is 1.88. The number of aliphatic hydroxyl groups is 1. The third kappa shape index (κ3) is 4.60. The van der Waals surface area contributed by atoms with Crippen molar-refractivity contribution in [2.75, 3.05) is 26.2 Å². The van der Waals surface area contributed by atoms with Crippen molar-refractivity contribution in [3.05, 3.63) is 0 Å². The van der Waals surface area contributed by atoms with E-state index in [1.807, 2.05) is 0 Å². The van der Waals surface area contributed by atoms with Gasteiger partial charge in [0.2, 0.25) is 0 Å². The molecule has 1 rings (SSSR count). The third-order valence-electron chi connectivity index (χ3n) is 2.73. The standard InChI is InChI=1S/C10H22N2O/c11-10(9-13)5-1-2-6-12-7-3-4-8-12/h10,13H,1-9,11H2. The van der Waals surface area contributed by atoms with Gasteiger partial charge in [0.1, 0.15) is 0 Å². The maximum Gasteiger partial charge on any atom is 0.0582 e. The van der Waals surface area contributed by atoms with Crippen LogP contribution in [0.3, 0.4) is 0 Å². The Kier molecular flexibility index (Phi) is 5.35. The highest BCUT2D eigenvalue weighted by Gasteiger charge is 2.10. The van der Waals surface area contributed by atoms with E-state index >= 15 is 0 Å². The lowest BCUT2D eigenvalue weighted by molar-refractivity contribution is 0.254. The number of unbranched alkanes of at least 4 members (excludes halogenated alkanes) is 1. The molecule has 0 bridgehead atoms. The smallest absolute Gasteiger partial charge is 0.0582 e. The highest BCUT2D eigenvalue weighted by Crippen LogP contribution is 2.09. The van der Waals surface area contributed by atoms with Crippen molar-refractivity contribution in [3.8, 4) is 0 Å².